The molecule has 0 aromatic heterocycles. The number of carbonyl (C=O) groups excluding carboxylic acids is 1. The highest BCUT2D eigenvalue weighted by Gasteiger charge is 2.45. The Bertz CT molecular complexity index is 416. The van der Waals surface area contributed by atoms with Crippen LogP contribution in [0.1, 0.15) is 20.8 Å². The summed E-state index contributed by atoms with van der Waals surface area (Å²) in [5, 5.41) is 10.5. The lowest BCUT2D eigenvalue weighted by molar-refractivity contribution is -0.105. The lowest BCUT2D eigenvalue weighted by atomic mass is 10.0. The van der Waals surface area contributed by atoms with Gasteiger partial charge in [0, 0.05) is 12.5 Å². The highest BCUT2D eigenvalue weighted by Crippen LogP contribution is 2.44. The van der Waals surface area contributed by atoms with Crippen molar-refractivity contribution in [3.05, 3.63) is 11.6 Å². The summed E-state index contributed by atoms with van der Waals surface area (Å²) in [4.78, 5) is 11.3. The molecule has 0 aromatic rings. The SMILES string of the molecule is CC(C)(C)[Si](C)(C)OC[C@@H]1C(C=O)=C[C@H](O)[C@H]1[Si](C)(C)C. The molecular formula is C16H32O3Si2. The van der Waals surface area contributed by atoms with E-state index in [1.165, 1.54) is 0 Å². The van der Waals surface area contributed by atoms with Crippen LogP contribution in [0.4, 0.5) is 0 Å². The molecule has 0 saturated carbocycles. The van der Waals surface area contributed by atoms with Crippen molar-refractivity contribution in [3.63, 3.8) is 0 Å². The van der Waals surface area contributed by atoms with Crippen molar-refractivity contribution in [2.24, 2.45) is 5.92 Å². The largest absolute Gasteiger partial charge is 0.416 e. The Kier molecular flexibility index (Phi) is 5.47. The van der Waals surface area contributed by atoms with Crippen LogP contribution >= 0.6 is 0 Å². The third-order valence-electron chi connectivity index (χ3n) is 5.16. The van der Waals surface area contributed by atoms with Crippen molar-refractivity contribution in [3.8, 4) is 0 Å². The predicted octanol–water partition coefficient (Wildman–Crippen LogP) is 3.83. The summed E-state index contributed by atoms with van der Waals surface area (Å²) in [5.74, 6) is 0.0540. The van der Waals surface area contributed by atoms with Gasteiger partial charge in [-0.1, -0.05) is 40.4 Å². The predicted molar refractivity (Wildman–Crippen MR) is 93.9 cm³/mol. The first-order chi connectivity index (χ1) is 9.31. The smallest absolute Gasteiger partial charge is 0.192 e. The maximum atomic E-state index is 11.3. The molecule has 5 heteroatoms. The molecule has 0 amide bonds. The van der Waals surface area contributed by atoms with Crippen LogP contribution in [0.3, 0.4) is 0 Å². The van der Waals surface area contributed by atoms with Gasteiger partial charge in [-0.25, -0.2) is 0 Å². The number of aliphatic hydroxyl groups is 1. The van der Waals surface area contributed by atoms with E-state index < -0.39 is 22.5 Å². The normalized spacial score (nSPS) is 27.7. The third-order valence-corrected chi connectivity index (χ3v) is 12.4. The Morgan fingerprint density at radius 2 is 1.76 bits per heavy atom. The van der Waals surface area contributed by atoms with Crippen LogP contribution in [0.15, 0.2) is 11.6 Å². The van der Waals surface area contributed by atoms with Gasteiger partial charge in [0.25, 0.3) is 0 Å². The lowest BCUT2D eigenvalue weighted by Gasteiger charge is -2.39. The van der Waals surface area contributed by atoms with Gasteiger partial charge in [0.1, 0.15) is 6.29 Å². The van der Waals surface area contributed by atoms with Gasteiger partial charge in [0.05, 0.1) is 14.2 Å². The maximum Gasteiger partial charge on any atom is 0.192 e. The summed E-state index contributed by atoms with van der Waals surface area (Å²) in [5.41, 5.74) is 0.899. The molecule has 0 saturated heterocycles. The molecule has 1 N–H and O–H groups in total. The Morgan fingerprint density at radius 1 is 1.24 bits per heavy atom. The lowest BCUT2D eigenvalue weighted by Crippen LogP contribution is -2.44. The zero-order valence-electron chi connectivity index (χ0n) is 14.9. The van der Waals surface area contributed by atoms with Crippen LogP contribution in [0.5, 0.6) is 0 Å². The van der Waals surface area contributed by atoms with E-state index in [1.807, 2.05) is 0 Å². The van der Waals surface area contributed by atoms with Gasteiger partial charge in [-0.3, -0.25) is 4.79 Å². The van der Waals surface area contributed by atoms with E-state index in [1.54, 1.807) is 6.08 Å². The summed E-state index contributed by atoms with van der Waals surface area (Å²) >= 11 is 0. The van der Waals surface area contributed by atoms with Crippen molar-refractivity contribution < 1.29 is 14.3 Å². The molecule has 3 atom stereocenters. The zero-order valence-corrected chi connectivity index (χ0v) is 16.9. The van der Waals surface area contributed by atoms with Crippen LogP contribution < -0.4 is 0 Å². The molecule has 1 rings (SSSR count). The zero-order chi connectivity index (χ0) is 16.6. The van der Waals surface area contributed by atoms with E-state index in [4.69, 9.17) is 4.43 Å². The first-order valence-corrected chi connectivity index (χ1v) is 14.3. The van der Waals surface area contributed by atoms with E-state index in [-0.39, 0.29) is 16.5 Å². The average molecular weight is 329 g/mol. The van der Waals surface area contributed by atoms with Gasteiger partial charge in [-0.2, -0.15) is 0 Å². The van der Waals surface area contributed by atoms with Gasteiger partial charge in [-0.05, 0) is 35.3 Å². The summed E-state index contributed by atoms with van der Waals surface area (Å²) in [7, 11) is -3.41. The van der Waals surface area contributed by atoms with Crippen molar-refractivity contribution in [2.45, 2.75) is 70.2 Å². The van der Waals surface area contributed by atoms with Gasteiger partial charge in [0.15, 0.2) is 8.32 Å². The fourth-order valence-electron chi connectivity index (χ4n) is 2.83. The molecule has 3 nitrogen and oxygen atoms in total. The van der Waals surface area contributed by atoms with E-state index >= 15 is 0 Å². The second-order valence-corrected chi connectivity index (χ2v) is 19.1. The molecule has 122 valence electrons. The molecule has 0 fully saturated rings. The minimum atomic E-state index is -1.83. The Labute approximate surface area is 131 Å². The van der Waals surface area contributed by atoms with Gasteiger partial charge in [0.2, 0.25) is 0 Å². The molecule has 0 spiro atoms. The fraction of sp³-hybridized carbons (Fsp3) is 0.812. The first kappa shape index (κ1) is 18.8. The van der Waals surface area contributed by atoms with E-state index in [0.29, 0.717) is 6.61 Å². The second kappa shape index (κ2) is 6.10. The van der Waals surface area contributed by atoms with Gasteiger partial charge < -0.3 is 9.53 Å². The Morgan fingerprint density at radius 3 is 2.14 bits per heavy atom. The molecule has 1 aliphatic carbocycles. The standard InChI is InChI=1S/C16H32O3Si2/c1-16(2,3)21(7,8)19-11-13-12(10-17)9-14(18)15(13)20(4,5)6/h9-10,13-15,18H,11H2,1-8H3/t13-,14+,15+/m1/s1. The number of aliphatic hydroxyl groups excluding tert-OH is 1. The van der Waals surface area contributed by atoms with Crippen LogP contribution in [0.2, 0.25) is 43.3 Å². The number of hydrogen-bond acceptors (Lipinski definition) is 3. The summed E-state index contributed by atoms with van der Waals surface area (Å²) in [6.45, 7) is 18.4. The molecule has 0 radical (unpaired) electrons. The van der Waals surface area contributed by atoms with E-state index in [0.717, 1.165) is 11.9 Å². The number of carbonyl (C=O) groups is 1. The van der Waals surface area contributed by atoms with Crippen LogP contribution in [-0.4, -0.2) is 40.5 Å². The quantitative estimate of drug-likeness (QED) is 0.616. The number of rotatable bonds is 5. The average Bonchev–Trinajstić information content (AvgIpc) is 2.60. The van der Waals surface area contributed by atoms with Crippen LogP contribution in [0.25, 0.3) is 0 Å². The first-order valence-electron chi connectivity index (χ1n) is 7.80. The Hall–Kier alpha value is -0.236. The van der Waals surface area contributed by atoms with Crippen molar-refractivity contribution in [2.75, 3.05) is 6.61 Å². The van der Waals surface area contributed by atoms with Crippen molar-refractivity contribution >= 4 is 22.7 Å². The van der Waals surface area contributed by atoms with E-state index in [2.05, 4.69) is 53.5 Å². The minimum absolute atomic E-state index is 0.0540. The summed E-state index contributed by atoms with van der Waals surface area (Å²) in [6.07, 6.45) is 2.16. The molecule has 21 heavy (non-hydrogen) atoms. The highest BCUT2D eigenvalue weighted by molar-refractivity contribution is 6.78. The highest BCUT2D eigenvalue weighted by atomic mass is 28.4. The fourth-order valence-corrected chi connectivity index (χ4v) is 6.47. The minimum Gasteiger partial charge on any atom is -0.416 e. The van der Waals surface area contributed by atoms with Crippen LogP contribution in [0, 0.1) is 5.92 Å². The molecule has 0 aromatic carbocycles. The van der Waals surface area contributed by atoms with Crippen molar-refractivity contribution in [1.29, 1.82) is 0 Å². The number of hydrogen-bond donors (Lipinski definition) is 1. The third kappa shape index (κ3) is 4.15. The molecular weight excluding hydrogens is 296 g/mol. The van der Waals surface area contributed by atoms with Gasteiger partial charge in [-0.15, -0.1) is 0 Å². The molecule has 1 aliphatic rings. The molecule has 0 aliphatic heterocycles. The van der Waals surface area contributed by atoms with E-state index in [9.17, 15) is 9.90 Å². The molecule has 0 heterocycles. The summed E-state index contributed by atoms with van der Waals surface area (Å²) < 4.78 is 6.33. The summed E-state index contributed by atoms with van der Waals surface area (Å²) in [6, 6.07) is 0. The number of aldehydes is 1. The maximum absolute atomic E-state index is 11.3. The van der Waals surface area contributed by atoms with Gasteiger partial charge >= 0.3 is 0 Å². The molecule has 0 bridgehead atoms. The van der Waals surface area contributed by atoms with Crippen LogP contribution in [-0.2, 0) is 9.22 Å². The monoisotopic (exact) mass is 328 g/mol. The Balaban J connectivity index is 2.93. The van der Waals surface area contributed by atoms with Crippen molar-refractivity contribution in [1.82, 2.24) is 0 Å². The second-order valence-electron chi connectivity index (χ2n) is 8.84. The molecule has 0 unspecified atom stereocenters. The topological polar surface area (TPSA) is 46.5 Å².